The molecule has 0 amide bonds. The molecule has 2 N–H and O–H groups in total. The molecule has 19 heavy (non-hydrogen) atoms. The van der Waals surface area contributed by atoms with E-state index in [0.29, 0.717) is 19.1 Å². The molecule has 0 spiro atoms. The summed E-state index contributed by atoms with van der Waals surface area (Å²) in [7, 11) is 0. The van der Waals surface area contributed by atoms with Crippen LogP contribution in [-0.2, 0) is 0 Å². The maximum atomic E-state index is 9.78. The van der Waals surface area contributed by atoms with Gasteiger partial charge in [-0.3, -0.25) is 0 Å². The first kappa shape index (κ1) is 18.2. The van der Waals surface area contributed by atoms with Crippen LogP contribution >= 0.6 is 12.4 Å². The van der Waals surface area contributed by atoms with Crippen LogP contribution < -0.4 is 10.1 Å². The third kappa shape index (κ3) is 8.09. The summed E-state index contributed by atoms with van der Waals surface area (Å²) in [6, 6.07) is 7.85. The van der Waals surface area contributed by atoms with Crippen LogP contribution in [0.3, 0.4) is 0 Å². The van der Waals surface area contributed by atoms with E-state index in [1.165, 1.54) is 0 Å². The Hall–Kier alpha value is -0.770. The molecule has 0 heterocycles. The predicted octanol–water partition coefficient (Wildman–Crippen LogP) is 2.79. The zero-order valence-corrected chi connectivity index (χ0v) is 12.9. The van der Waals surface area contributed by atoms with Crippen LogP contribution in [0.25, 0.3) is 0 Å². The summed E-state index contributed by atoms with van der Waals surface area (Å²) in [6.45, 7) is 8.25. The first-order valence-electron chi connectivity index (χ1n) is 6.66. The highest BCUT2D eigenvalue weighted by atomic mass is 35.5. The number of nitrogens with one attached hydrogen (secondary N) is 1. The van der Waals surface area contributed by atoms with Crippen molar-refractivity contribution in [3.05, 3.63) is 29.8 Å². The highest BCUT2D eigenvalue weighted by molar-refractivity contribution is 5.85. The van der Waals surface area contributed by atoms with Gasteiger partial charge in [0.1, 0.15) is 18.5 Å². The Bertz CT molecular complexity index is 345. The first-order chi connectivity index (χ1) is 8.59. The van der Waals surface area contributed by atoms with E-state index in [1.54, 1.807) is 0 Å². The van der Waals surface area contributed by atoms with E-state index in [0.717, 1.165) is 24.3 Å². The summed E-state index contributed by atoms with van der Waals surface area (Å²) >= 11 is 0. The lowest BCUT2D eigenvalue weighted by Gasteiger charge is -2.14. The molecule has 0 saturated carbocycles. The highest BCUT2D eigenvalue weighted by Gasteiger charge is 2.06. The number of benzene rings is 1. The largest absolute Gasteiger partial charge is 0.491 e. The van der Waals surface area contributed by atoms with Gasteiger partial charge in [0.05, 0.1) is 0 Å². The molecule has 0 fully saturated rings. The minimum Gasteiger partial charge on any atom is -0.491 e. The molecule has 4 heteroatoms. The van der Waals surface area contributed by atoms with Crippen molar-refractivity contribution >= 4 is 12.4 Å². The molecule has 1 aromatic carbocycles. The van der Waals surface area contributed by atoms with Gasteiger partial charge in [0, 0.05) is 6.54 Å². The summed E-state index contributed by atoms with van der Waals surface area (Å²) in [5.41, 5.74) is 1.09. The van der Waals surface area contributed by atoms with Gasteiger partial charge in [0.25, 0.3) is 0 Å². The van der Waals surface area contributed by atoms with E-state index >= 15 is 0 Å². The molecule has 0 aliphatic carbocycles. The van der Waals surface area contributed by atoms with Gasteiger partial charge in [-0.15, -0.1) is 12.4 Å². The molecule has 110 valence electrons. The lowest BCUT2D eigenvalue weighted by Crippen LogP contribution is -2.32. The lowest BCUT2D eigenvalue weighted by atomic mass is 10.1. The molecule has 0 aliphatic heterocycles. The van der Waals surface area contributed by atoms with Gasteiger partial charge in [-0.25, -0.2) is 0 Å². The molecule has 0 aromatic heterocycles. The Morgan fingerprint density at radius 3 is 2.58 bits per heavy atom. The number of halogens is 1. The second-order valence-corrected chi connectivity index (χ2v) is 5.12. The summed E-state index contributed by atoms with van der Waals surface area (Å²) in [5, 5.41) is 13.0. The van der Waals surface area contributed by atoms with Crippen molar-refractivity contribution in [2.45, 2.75) is 33.3 Å². The van der Waals surface area contributed by atoms with Gasteiger partial charge in [-0.1, -0.05) is 32.0 Å². The third-order valence-electron chi connectivity index (χ3n) is 2.80. The topological polar surface area (TPSA) is 41.5 Å². The summed E-state index contributed by atoms with van der Waals surface area (Å²) in [4.78, 5) is 0. The average Bonchev–Trinajstić information content (AvgIpc) is 2.33. The molecule has 0 aliphatic rings. The van der Waals surface area contributed by atoms with Crippen molar-refractivity contribution in [3.8, 4) is 5.75 Å². The number of ether oxygens (including phenoxy) is 1. The molecule has 1 aromatic rings. The maximum absolute atomic E-state index is 9.78. The smallest absolute Gasteiger partial charge is 0.122 e. The number of hydrogen-bond donors (Lipinski definition) is 2. The number of hydrogen-bond acceptors (Lipinski definition) is 3. The fourth-order valence-electron chi connectivity index (χ4n) is 1.62. The van der Waals surface area contributed by atoms with Crippen LogP contribution in [-0.4, -0.2) is 30.9 Å². The molecule has 0 saturated heterocycles. The Labute approximate surface area is 122 Å². The van der Waals surface area contributed by atoms with Crippen LogP contribution in [0.1, 0.15) is 25.8 Å². The monoisotopic (exact) mass is 287 g/mol. The van der Waals surface area contributed by atoms with Crippen molar-refractivity contribution < 1.29 is 9.84 Å². The first-order valence-corrected chi connectivity index (χ1v) is 6.66. The second kappa shape index (κ2) is 10.1. The van der Waals surface area contributed by atoms with Crippen LogP contribution in [0.5, 0.6) is 5.75 Å². The van der Waals surface area contributed by atoms with Crippen molar-refractivity contribution in [1.82, 2.24) is 5.32 Å². The van der Waals surface area contributed by atoms with Crippen LogP contribution in [0, 0.1) is 12.8 Å². The summed E-state index contributed by atoms with van der Waals surface area (Å²) in [5.74, 6) is 1.54. The molecule has 1 unspecified atom stereocenters. The number of aliphatic hydroxyl groups excluding tert-OH is 1. The van der Waals surface area contributed by atoms with Crippen molar-refractivity contribution in [2.75, 3.05) is 19.7 Å². The molecule has 1 rings (SSSR count). The van der Waals surface area contributed by atoms with Crippen LogP contribution in [0.4, 0.5) is 0 Å². The second-order valence-electron chi connectivity index (χ2n) is 5.12. The van der Waals surface area contributed by atoms with E-state index in [1.807, 2.05) is 31.2 Å². The molecule has 0 radical (unpaired) electrons. The van der Waals surface area contributed by atoms with Gasteiger partial charge < -0.3 is 15.2 Å². The average molecular weight is 288 g/mol. The standard InChI is InChI=1S/C15H25NO2.ClH/c1-12(2)8-9-16-10-14(17)11-18-15-7-5-4-6-13(15)3;/h4-7,12,14,16-17H,8-11H2,1-3H3;1H. The molecule has 0 bridgehead atoms. The third-order valence-corrected chi connectivity index (χ3v) is 2.80. The van der Waals surface area contributed by atoms with Crippen LogP contribution in [0.15, 0.2) is 24.3 Å². The Morgan fingerprint density at radius 2 is 1.95 bits per heavy atom. The number of para-hydroxylation sites is 1. The van der Waals surface area contributed by atoms with Gasteiger partial charge >= 0.3 is 0 Å². The summed E-state index contributed by atoms with van der Waals surface area (Å²) < 4.78 is 5.59. The van der Waals surface area contributed by atoms with E-state index in [4.69, 9.17) is 4.74 Å². The minimum absolute atomic E-state index is 0. The van der Waals surface area contributed by atoms with E-state index < -0.39 is 6.10 Å². The quantitative estimate of drug-likeness (QED) is 0.723. The SMILES string of the molecule is Cc1ccccc1OCC(O)CNCCC(C)C.Cl. The zero-order valence-electron chi connectivity index (χ0n) is 12.1. The van der Waals surface area contributed by atoms with Crippen LogP contribution in [0.2, 0.25) is 0 Å². The highest BCUT2D eigenvalue weighted by Crippen LogP contribution is 2.16. The van der Waals surface area contributed by atoms with Gasteiger partial charge in [0.15, 0.2) is 0 Å². The zero-order chi connectivity index (χ0) is 13.4. The normalized spacial score (nSPS) is 12.1. The molecular weight excluding hydrogens is 262 g/mol. The molecule has 3 nitrogen and oxygen atoms in total. The van der Waals surface area contributed by atoms with Crippen molar-refractivity contribution in [3.63, 3.8) is 0 Å². The summed E-state index contributed by atoms with van der Waals surface area (Å²) in [6.07, 6.45) is 0.669. The maximum Gasteiger partial charge on any atom is 0.122 e. The number of aliphatic hydroxyl groups is 1. The predicted molar refractivity (Wildman–Crippen MR) is 82.3 cm³/mol. The fraction of sp³-hybridized carbons (Fsp3) is 0.600. The number of aryl methyl sites for hydroxylation is 1. The van der Waals surface area contributed by atoms with E-state index in [9.17, 15) is 5.11 Å². The Kier molecular flexibility index (Phi) is 9.66. The van der Waals surface area contributed by atoms with Gasteiger partial charge in [-0.2, -0.15) is 0 Å². The van der Waals surface area contributed by atoms with E-state index in [-0.39, 0.29) is 12.4 Å². The Balaban J connectivity index is 0.00000324. The van der Waals surface area contributed by atoms with Crippen molar-refractivity contribution in [1.29, 1.82) is 0 Å². The fourth-order valence-corrected chi connectivity index (χ4v) is 1.62. The van der Waals surface area contributed by atoms with E-state index in [2.05, 4.69) is 19.2 Å². The van der Waals surface area contributed by atoms with Crippen molar-refractivity contribution in [2.24, 2.45) is 5.92 Å². The molecular formula is C15H26ClNO2. The lowest BCUT2D eigenvalue weighted by molar-refractivity contribution is 0.106. The Morgan fingerprint density at radius 1 is 1.26 bits per heavy atom. The minimum atomic E-state index is -0.461. The molecule has 1 atom stereocenters. The number of rotatable bonds is 8. The van der Waals surface area contributed by atoms with Gasteiger partial charge in [0.2, 0.25) is 0 Å². The van der Waals surface area contributed by atoms with Gasteiger partial charge in [-0.05, 0) is 37.4 Å².